The van der Waals surface area contributed by atoms with Crippen molar-refractivity contribution in [2.24, 2.45) is 0 Å². The summed E-state index contributed by atoms with van der Waals surface area (Å²) in [7, 11) is 0. The van der Waals surface area contributed by atoms with Crippen molar-refractivity contribution in [1.29, 1.82) is 0 Å². The van der Waals surface area contributed by atoms with Crippen LogP contribution in [-0.2, 0) is 6.54 Å². The summed E-state index contributed by atoms with van der Waals surface area (Å²) >= 11 is 1.62. The molecule has 1 aliphatic heterocycles. The molecular weight excluding hydrogens is 336 g/mol. The highest BCUT2D eigenvalue weighted by Crippen LogP contribution is 2.26. The van der Waals surface area contributed by atoms with Gasteiger partial charge >= 0.3 is 0 Å². The Morgan fingerprint density at radius 3 is 2.92 bits per heavy atom. The number of aryl methyl sites for hydroxylation is 1. The van der Waals surface area contributed by atoms with Crippen molar-refractivity contribution in [2.45, 2.75) is 32.4 Å². The second-order valence-electron chi connectivity index (χ2n) is 6.11. The molecule has 0 radical (unpaired) electrons. The van der Waals surface area contributed by atoms with Gasteiger partial charge in [-0.15, -0.1) is 11.3 Å². The molecule has 25 heavy (non-hydrogen) atoms. The van der Waals surface area contributed by atoms with E-state index in [0.717, 1.165) is 42.0 Å². The van der Waals surface area contributed by atoms with Gasteiger partial charge in [-0.3, -0.25) is 4.79 Å². The Kier molecular flexibility index (Phi) is 4.35. The fourth-order valence-corrected chi connectivity index (χ4v) is 3.97. The van der Waals surface area contributed by atoms with Crippen molar-refractivity contribution in [1.82, 2.24) is 19.5 Å². The van der Waals surface area contributed by atoms with E-state index in [-0.39, 0.29) is 5.56 Å². The molecule has 1 N–H and O–H groups in total. The summed E-state index contributed by atoms with van der Waals surface area (Å²) in [5.41, 5.74) is -0.00723. The van der Waals surface area contributed by atoms with E-state index in [0.29, 0.717) is 18.4 Å². The van der Waals surface area contributed by atoms with Crippen molar-refractivity contribution in [3.63, 3.8) is 0 Å². The summed E-state index contributed by atoms with van der Waals surface area (Å²) in [6.07, 6.45) is 6.94. The Morgan fingerprint density at radius 1 is 1.28 bits per heavy atom. The summed E-state index contributed by atoms with van der Waals surface area (Å²) in [6.45, 7) is 4.25. The number of hydrogen-bond acceptors (Lipinski definition) is 7. The fraction of sp³-hybridized carbons (Fsp3) is 0.412. The van der Waals surface area contributed by atoms with E-state index in [1.165, 1.54) is 0 Å². The SMILES string of the molecule is CCn1ccnc(N2CCC(Nc3ncnc4sccc34)CC2)c1=O. The van der Waals surface area contributed by atoms with Crippen LogP contribution < -0.4 is 15.8 Å². The van der Waals surface area contributed by atoms with Crippen molar-refractivity contribution in [3.8, 4) is 0 Å². The maximum atomic E-state index is 12.4. The topological polar surface area (TPSA) is 75.9 Å². The molecule has 0 atom stereocenters. The predicted octanol–water partition coefficient (Wildman–Crippen LogP) is 2.35. The Morgan fingerprint density at radius 2 is 2.12 bits per heavy atom. The number of nitrogens with zero attached hydrogens (tertiary/aromatic N) is 5. The lowest BCUT2D eigenvalue weighted by molar-refractivity contribution is 0.519. The number of aromatic nitrogens is 4. The van der Waals surface area contributed by atoms with E-state index in [1.54, 1.807) is 34.6 Å². The maximum absolute atomic E-state index is 12.4. The van der Waals surface area contributed by atoms with Crippen LogP contribution in [0.4, 0.5) is 11.6 Å². The second kappa shape index (κ2) is 6.79. The Labute approximate surface area is 149 Å². The summed E-state index contributed by atoms with van der Waals surface area (Å²) in [5.74, 6) is 1.46. The summed E-state index contributed by atoms with van der Waals surface area (Å²) in [4.78, 5) is 28.5. The average Bonchev–Trinajstić information content (AvgIpc) is 3.13. The molecule has 0 bridgehead atoms. The number of piperidine rings is 1. The molecule has 0 aliphatic carbocycles. The first-order valence-corrected chi connectivity index (χ1v) is 9.39. The standard InChI is InChI=1S/C17H20N6OS/c1-2-22-9-6-18-15(17(22)24)23-7-3-12(4-8-23)21-14-13-5-10-25-16(13)20-11-19-14/h5-6,9-12H,2-4,7-8H2,1H3,(H,19,20,21). The molecule has 4 rings (SSSR count). The van der Waals surface area contributed by atoms with Crippen molar-refractivity contribution < 1.29 is 0 Å². The zero-order chi connectivity index (χ0) is 17.2. The van der Waals surface area contributed by atoms with Crippen molar-refractivity contribution in [2.75, 3.05) is 23.3 Å². The minimum atomic E-state index is -0.00723. The van der Waals surface area contributed by atoms with Crippen LogP contribution in [0.15, 0.2) is 35.0 Å². The van der Waals surface area contributed by atoms with Gasteiger partial charge in [-0.25, -0.2) is 15.0 Å². The third-order valence-corrected chi connectivity index (χ3v) is 5.45. The first-order chi connectivity index (χ1) is 12.3. The van der Waals surface area contributed by atoms with Crippen LogP contribution in [0.2, 0.25) is 0 Å². The van der Waals surface area contributed by atoms with Crippen LogP contribution in [0.1, 0.15) is 19.8 Å². The molecule has 0 aromatic carbocycles. The molecule has 3 aromatic heterocycles. The van der Waals surface area contributed by atoms with Gasteiger partial charge in [-0.1, -0.05) is 0 Å². The van der Waals surface area contributed by atoms with Gasteiger partial charge in [0.15, 0.2) is 5.82 Å². The molecule has 130 valence electrons. The molecule has 7 nitrogen and oxygen atoms in total. The number of nitrogens with one attached hydrogen (secondary N) is 1. The lowest BCUT2D eigenvalue weighted by Gasteiger charge is -2.33. The van der Waals surface area contributed by atoms with E-state index < -0.39 is 0 Å². The van der Waals surface area contributed by atoms with Crippen LogP contribution in [0.5, 0.6) is 0 Å². The van der Waals surface area contributed by atoms with Crippen LogP contribution in [-0.4, -0.2) is 38.7 Å². The Hall–Kier alpha value is -2.48. The van der Waals surface area contributed by atoms with Gasteiger partial charge in [0.05, 0.1) is 5.39 Å². The minimum Gasteiger partial charge on any atom is -0.367 e. The number of fused-ring (bicyclic) bond motifs is 1. The molecule has 1 aliphatic rings. The molecule has 0 amide bonds. The number of thiophene rings is 1. The van der Waals surface area contributed by atoms with Crippen LogP contribution in [0.3, 0.4) is 0 Å². The van der Waals surface area contributed by atoms with E-state index in [1.807, 2.05) is 12.3 Å². The van der Waals surface area contributed by atoms with E-state index in [2.05, 4.69) is 31.2 Å². The molecule has 1 fully saturated rings. The third-order valence-electron chi connectivity index (χ3n) is 4.63. The molecule has 1 saturated heterocycles. The number of anilines is 2. The van der Waals surface area contributed by atoms with Gasteiger partial charge < -0.3 is 14.8 Å². The highest BCUT2D eigenvalue weighted by Gasteiger charge is 2.23. The zero-order valence-corrected chi connectivity index (χ0v) is 14.9. The largest absolute Gasteiger partial charge is 0.367 e. The number of rotatable bonds is 4. The first-order valence-electron chi connectivity index (χ1n) is 8.51. The molecule has 0 unspecified atom stereocenters. The van der Waals surface area contributed by atoms with Gasteiger partial charge in [0.25, 0.3) is 5.56 Å². The molecule has 8 heteroatoms. The quantitative estimate of drug-likeness (QED) is 0.773. The van der Waals surface area contributed by atoms with Gasteiger partial charge in [-0.05, 0) is 31.2 Å². The summed E-state index contributed by atoms with van der Waals surface area (Å²) in [6, 6.07) is 2.39. The Balaban J connectivity index is 1.45. The van der Waals surface area contributed by atoms with Crippen LogP contribution >= 0.6 is 11.3 Å². The second-order valence-corrected chi connectivity index (χ2v) is 7.00. The van der Waals surface area contributed by atoms with Crippen LogP contribution in [0, 0.1) is 0 Å². The summed E-state index contributed by atoms with van der Waals surface area (Å²) in [5, 5.41) is 6.65. The highest BCUT2D eigenvalue weighted by molar-refractivity contribution is 7.16. The molecular formula is C17H20N6OS. The molecule has 4 heterocycles. The van der Waals surface area contributed by atoms with Gasteiger partial charge in [0, 0.05) is 38.1 Å². The third kappa shape index (κ3) is 3.09. The minimum absolute atomic E-state index is 0.00723. The van der Waals surface area contributed by atoms with Gasteiger partial charge in [-0.2, -0.15) is 0 Å². The molecule has 3 aromatic rings. The highest BCUT2D eigenvalue weighted by atomic mass is 32.1. The maximum Gasteiger partial charge on any atom is 0.293 e. The van der Waals surface area contributed by atoms with Gasteiger partial charge in [0.2, 0.25) is 0 Å². The first kappa shape index (κ1) is 16.0. The predicted molar refractivity (Wildman–Crippen MR) is 100 cm³/mol. The van der Waals surface area contributed by atoms with Crippen molar-refractivity contribution in [3.05, 3.63) is 40.5 Å². The lowest BCUT2D eigenvalue weighted by Crippen LogP contribution is -2.42. The van der Waals surface area contributed by atoms with Crippen molar-refractivity contribution >= 4 is 33.2 Å². The zero-order valence-electron chi connectivity index (χ0n) is 14.1. The van der Waals surface area contributed by atoms with E-state index in [4.69, 9.17) is 0 Å². The fourth-order valence-electron chi connectivity index (χ4n) is 3.24. The van der Waals surface area contributed by atoms with Gasteiger partial charge in [0.1, 0.15) is 17.0 Å². The lowest BCUT2D eigenvalue weighted by atomic mass is 10.0. The van der Waals surface area contributed by atoms with E-state index in [9.17, 15) is 4.79 Å². The number of hydrogen-bond donors (Lipinski definition) is 1. The smallest absolute Gasteiger partial charge is 0.293 e. The van der Waals surface area contributed by atoms with Crippen LogP contribution in [0.25, 0.3) is 10.2 Å². The molecule has 0 spiro atoms. The Bertz CT molecular complexity index is 928. The summed E-state index contributed by atoms with van der Waals surface area (Å²) < 4.78 is 1.70. The molecule has 0 saturated carbocycles. The van der Waals surface area contributed by atoms with E-state index >= 15 is 0 Å². The monoisotopic (exact) mass is 356 g/mol. The average molecular weight is 356 g/mol. The normalized spacial score (nSPS) is 15.6.